The first-order valence-electron chi connectivity index (χ1n) is 11.1. The summed E-state index contributed by atoms with van der Waals surface area (Å²) in [7, 11) is 0. The van der Waals surface area contributed by atoms with Crippen LogP contribution in [0, 0.1) is 0 Å². The first-order valence-corrected chi connectivity index (χ1v) is 11.1. The van der Waals surface area contributed by atoms with Crippen molar-refractivity contribution in [1.29, 1.82) is 0 Å². The van der Waals surface area contributed by atoms with Gasteiger partial charge in [0.05, 0.1) is 0 Å². The van der Waals surface area contributed by atoms with E-state index < -0.39 is 0 Å². The molecule has 0 nitrogen and oxygen atoms in total. The fraction of sp³-hybridized carbons (Fsp3) is 0. The van der Waals surface area contributed by atoms with Crippen LogP contribution in [0.15, 0.2) is 153 Å². The monoisotopic (exact) mass is 583 g/mol. The normalized spacial score (nSPS) is 9.22. The van der Waals surface area contributed by atoms with Crippen molar-refractivity contribution < 1.29 is 51.0 Å². The van der Waals surface area contributed by atoms with Crippen molar-refractivity contribution in [2.45, 2.75) is 0 Å². The summed E-state index contributed by atoms with van der Waals surface area (Å²) in [5.74, 6) is 0. The Balaban J connectivity index is 0.000000256. The molecule has 0 aliphatic carbocycles. The standard InChI is InChI=1S/C13H9.2C9H7.C2H4.2ClH.Zr/c1-3-7-12-10(5-1)9-11-6-2-4-8-13(11)12;2*1-2-5-9-7-3-6-8(9)4-1;1-2;;;/h1-9H;2*1-7H;1-2H2;2*1H;/q3*-1;;;;+2/p-2. The van der Waals surface area contributed by atoms with Crippen molar-refractivity contribution in [2.24, 2.45) is 0 Å². The van der Waals surface area contributed by atoms with Gasteiger partial charge in [0.2, 0.25) is 0 Å². The van der Waals surface area contributed by atoms with Crippen molar-refractivity contribution in [3.05, 3.63) is 153 Å². The molecule has 0 N–H and O–H groups in total. The van der Waals surface area contributed by atoms with E-state index in [1.807, 2.05) is 0 Å². The fourth-order valence-corrected chi connectivity index (χ4v) is 4.04. The second-order valence-corrected chi connectivity index (χ2v) is 7.63. The van der Waals surface area contributed by atoms with E-state index in [0.29, 0.717) is 0 Å². The Kier molecular flexibility index (Phi) is 13.9. The minimum absolute atomic E-state index is 0. The van der Waals surface area contributed by atoms with Crippen LogP contribution >= 0.6 is 0 Å². The van der Waals surface area contributed by atoms with Crippen LogP contribution in [0.5, 0.6) is 0 Å². The molecular formula is C33H27Cl2Zr-3. The zero-order valence-electron chi connectivity index (χ0n) is 19.9. The Hall–Kier alpha value is -2.83. The van der Waals surface area contributed by atoms with Gasteiger partial charge < -0.3 is 24.8 Å². The summed E-state index contributed by atoms with van der Waals surface area (Å²) in [6, 6.07) is 48.6. The van der Waals surface area contributed by atoms with E-state index in [0.717, 1.165) is 0 Å². The Labute approximate surface area is 245 Å². The van der Waals surface area contributed by atoms with Crippen molar-refractivity contribution in [2.75, 3.05) is 0 Å². The van der Waals surface area contributed by atoms with Gasteiger partial charge in [-0.2, -0.15) is 35.0 Å². The predicted octanol–water partition coefficient (Wildman–Crippen LogP) is 3.64. The van der Waals surface area contributed by atoms with Gasteiger partial charge in [-0.3, -0.25) is 0 Å². The van der Waals surface area contributed by atoms with Gasteiger partial charge in [-0.15, -0.1) is 112 Å². The first kappa shape index (κ1) is 31.2. The van der Waals surface area contributed by atoms with Crippen LogP contribution in [0.25, 0.3) is 43.1 Å². The molecule has 36 heavy (non-hydrogen) atoms. The zero-order chi connectivity index (χ0) is 22.9. The smallest absolute Gasteiger partial charge is 1.00 e. The summed E-state index contributed by atoms with van der Waals surface area (Å²) in [6.07, 6.45) is 0. The van der Waals surface area contributed by atoms with Crippen LogP contribution in [-0.2, 0) is 26.2 Å². The summed E-state index contributed by atoms with van der Waals surface area (Å²) in [5, 5.41) is 10.7. The Bertz CT molecular complexity index is 1390. The van der Waals surface area contributed by atoms with Crippen molar-refractivity contribution >= 4 is 43.1 Å². The van der Waals surface area contributed by atoms with E-state index >= 15 is 0 Å². The molecule has 0 radical (unpaired) electrons. The van der Waals surface area contributed by atoms with E-state index in [1.54, 1.807) is 0 Å². The molecule has 0 aromatic heterocycles. The molecule has 0 aliphatic rings. The molecule has 7 rings (SSSR count). The molecule has 7 aromatic rings. The van der Waals surface area contributed by atoms with Gasteiger partial charge in [0, 0.05) is 0 Å². The predicted molar refractivity (Wildman–Crippen MR) is 147 cm³/mol. The molecule has 7 aromatic carbocycles. The van der Waals surface area contributed by atoms with Crippen LogP contribution < -0.4 is 24.8 Å². The molecule has 0 spiro atoms. The molecule has 0 bridgehead atoms. The molecule has 3 heteroatoms. The van der Waals surface area contributed by atoms with Gasteiger partial charge >= 0.3 is 26.2 Å². The van der Waals surface area contributed by atoms with E-state index in [4.69, 9.17) is 0 Å². The molecule has 180 valence electrons. The quantitative estimate of drug-likeness (QED) is 0.189. The second kappa shape index (κ2) is 16.0. The van der Waals surface area contributed by atoms with Crippen LogP contribution in [0.1, 0.15) is 0 Å². The van der Waals surface area contributed by atoms with E-state index in [1.165, 1.54) is 43.1 Å². The first-order chi connectivity index (χ1) is 16.4. The summed E-state index contributed by atoms with van der Waals surface area (Å²) in [5.41, 5.74) is 0. The molecule has 0 saturated heterocycles. The number of rotatable bonds is 0. The average Bonchev–Trinajstić information content (AvgIpc) is 3.64. The Morgan fingerprint density at radius 1 is 0.417 bits per heavy atom. The van der Waals surface area contributed by atoms with Crippen molar-refractivity contribution in [1.82, 2.24) is 0 Å². The summed E-state index contributed by atoms with van der Waals surface area (Å²) < 4.78 is 0. The van der Waals surface area contributed by atoms with Crippen LogP contribution in [0.4, 0.5) is 0 Å². The van der Waals surface area contributed by atoms with Gasteiger partial charge in [0.15, 0.2) is 0 Å². The van der Waals surface area contributed by atoms with E-state index in [9.17, 15) is 0 Å². The molecule has 0 amide bonds. The third-order valence-electron chi connectivity index (χ3n) is 5.62. The molecule has 0 unspecified atom stereocenters. The number of benzene rings is 4. The zero-order valence-corrected chi connectivity index (χ0v) is 23.9. The number of halogens is 2. The topological polar surface area (TPSA) is 0 Å². The Morgan fingerprint density at radius 3 is 1.14 bits per heavy atom. The maximum absolute atomic E-state index is 3.00. The largest absolute Gasteiger partial charge is 2.00 e. The number of fused-ring (bicyclic) bond motifs is 5. The van der Waals surface area contributed by atoms with Crippen LogP contribution in [0.2, 0.25) is 0 Å². The van der Waals surface area contributed by atoms with Crippen molar-refractivity contribution in [3.63, 3.8) is 0 Å². The van der Waals surface area contributed by atoms with Gasteiger partial charge in [-0.05, 0) is 0 Å². The summed E-state index contributed by atoms with van der Waals surface area (Å²) >= 11 is 0. The Morgan fingerprint density at radius 2 is 0.750 bits per heavy atom. The van der Waals surface area contributed by atoms with Gasteiger partial charge in [-0.1, -0.05) is 48.5 Å². The molecule has 0 heterocycles. The minimum Gasteiger partial charge on any atom is -1.00 e. The SMILES string of the molecule is C=C.[Cl-].[Cl-].[Zr+2].c1ccc2[cH-]ccc2c1.c1ccc2[cH-]ccc2c1.c1ccc2c(c1)[cH-]c1ccccc12. The average molecular weight is 586 g/mol. The van der Waals surface area contributed by atoms with E-state index in [-0.39, 0.29) is 51.0 Å². The minimum atomic E-state index is 0. The second-order valence-electron chi connectivity index (χ2n) is 7.63. The van der Waals surface area contributed by atoms with E-state index in [2.05, 4.69) is 153 Å². The molecule has 0 atom stereocenters. The maximum atomic E-state index is 3.00. The van der Waals surface area contributed by atoms with Crippen molar-refractivity contribution in [3.8, 4) is 0 Å². The fourth-order valence-electron chi connectivity index (χ4n) is 4.04. The van der Waals surface area contributed by atoms with Gasteiger partial charge in [0.25, 0.3) is 0 Å². The van der Waals surface area contributed by atoms with Crippen LogP contribution in [-0.4, -0.2) is 0 Å². The summed E-state index contributed by atoms with van der Waals surface area (Å²) in [6.45, 7) is 6.00. The summed E-state index contributed by atoms with van der Waals surface area (Å²) in [4.78, 5) is 0. The maximum Gasteiger partial charge on any atom is 2.00 e. The van der Waals surface area contributed by atoms with Crippen LogP contribution in [0.3, 0.4) is 0 Å². The van der Waals surface area contributed by atoms with Gasteiger partial charge in [-0.25, -0.2) is 0 Å². The third kappa shape index (κ3) is 7.58. The van der Waals surface area contributed by atoms with Gasteiger partial charge in [0.1, 0.15) is 0 Å². The molecule has 0 fully saturated rings. The molecular weight excluding hydrogens is 558 g/mol. The number of hydrogen-bond acceptors (Lipinski definition) is 0. The molecule has 0 saturated carbocycles. The number of hydrogen-bond donors (Lipinski definition) is 0. The third-order valence-corrected chi connectivity index (χ3v) is 5.62. The molecule has 0 aliphatic heterocycles.